The van der Waals surface area contributed by atoms with Gasteiger partial charge in [0.05, 0.1) is 6.20 Å². The van der Waals surface area contributed by atoms with Gasteiger partial charge in [-0.05, 0) is 38.1 Å². The largest absolute Gasteiger partial charge is 0.418 e. The van der Waals surface area contributed by atoms with Crippen LogP contribution < -0.4 is 16.0 Å². The van der Waals surface area contributed by atoms with E-state index in [1.54, 1.807) is 0 Å². The number of rotatable bonds is 11. The lowest BCUT2D eigenvalue weighted by Gasteiger charge is -2.18. The second-order valence-corrected chi connectivity index (χ2v) is 7.58. The number of aryl methyl sites for hydroxylation is 3. The minimum absolute atomic E-state index is 0.0856. The third-order valence-electron chi connectivity index (χ3n) is 5.27. The van der Waals surface area contributed by atoms with Crippen molar-refractivity contribution in [2.45, 2.75) is 41.0 Å². The molecule has 0 aliphatic carbocycles. The van der Waals surface area contributed by atoms with Gasteiger partial charge in [0.25, 0.3) is 5.91 Å². The summed E-state index contributed by atoms with van der Waals surface area (Å²) in [7, 11) is 0. The molecule has 0 unspecified atom stereocenters. The van der Waals surface area contributed by atoms with Crippen LogP contribution in [0.2, 0.25) is 0 Å². The average molecular weight is 453 g/mol. The standard InChI is InChI=1S/C23H32N8O2/c1-6-18-26-21(24-12-13-31(7-2)8-3)29-22(27-18)30-23-25-14-17(33-23)20(32)28-19-15(4)10-9-11-16(19)5/h9-11,14H,6-8,12-13H2,1-5H3,(H,28,32)(H2,24,25,26,27,29,30). The highest BCUT2D eigenvalue weighted by molar-refractivity contribution is 6.03. The molecule has 10 nitrogen and oxygen atoms in total. The van der Waals surface area contributed by atoms with Crippen LogP contribution in [0, 0.1) is 13.8 Å². The zero-order valence-electron chi connectivity index (χ0n) is 19.9. The number of hydrogen-bond donors (Lipinski definition) is 3. The molecule has 10 heteroatoms. The molecular formula is C23H32N8O2. The Labute approximate surface area is 194 Å². The summed E-state index contributed by atoms with van der Waals surface area (Å²) in [5, 5.41) is 9.06. The van der Waals surface area contributed by atoms with Crippen molar-refractivity contribution < 1.29 is 9.21 Å². The predicted octanol–water partition coefficient (Wildman–Crippen LogP) is 3.79. The highest BCUT2D eigenvalue weighted by atomic mass is 16.4. The molecule has 0 spiro atoms. The normalized spacial score (nSPS) is 11.0. The van der Waals surface area contributed by atoms with Crippen LogP contribution in [0.25, 0.3) is 0 Å². The summed E-state index contributed by atoms with van der Waals surface area (Å²) >= 11 is 0. The van der Waals surface area contributed by atoms with Crippen LogP contribution in [0.15, 0.2) is 28.8 Å². The molecular weight excluding hydrogens is 420 g/mol. The smallest absolute Gasteiger partial charge is 0.302 e. The van der Waals surface area contributed by atoms with Gasteiger partial charge in [0.2, 0.25) is 17.7 Å². The van der Waals surface area contributed by atoms with Crippen molar-refractivity contribution in [2.75, 3.05) is 42.1 Å². The van der Waals surface area contributed by atoms with Gasteiger partial charge in [-0.2, -0.15) is 15.0 Å². The molecule has 3 N–H and O–H groups in total. The van der Waals surface area contributed by atoms with Crippen LogP contribution in [-0.2, 0) is 6.42 Å². The molecule has 2 aromatic heterocycles. The molecule has 0 atom stereocenters. The zero-order chi connectivity index (χ0) is 23.8. The van der Waals surface area contributed by atoms with Crippen LogP contribution >= 0.6 is 0 Å². The Hall–Kier alpha value is -3.53. The number of hydrogen-bond acceptors (Lipinski definition) is 9. The van der Waals surface area contributed by atoms with E-state index in [2.05, 4.69) is 54.6 Å². The Morgan fingerprint density at radius 1 is 1.03 bits per heavy atom. The van der Waals surface area contributed by atoms with E-state index in [-0.39, 0.29) is 17.7 Å². The minimum Gasteiger partial charge on any atom is -0.418 e. The van der Waals surface area contributed by atoms with Gasteiger partial charge in [-0.1, -0.05) is 39.0 Å². The van der Waals surface area contributed by atoms with Gasteiger partial charge in [0.15, 0.2) is 0 Å². The minimum atomic E-state index is -0.378. The molecule has 176 valence electrons. The van der Waals surface area contributed by atoms with E-state index in [0.717, 1.165) is 43.0 Å². The number of anilines is 4. The maximum absolute atomic E-state index is 12.6. The second-order valence-electron chi connectivity index (χ2n) is 7.58. The van der Waals surface area contributed by atoms with E-state index >= 15 is 0 Å². The van der Waals surface area contributed by atoms with Crippen molar-refractivity contribution in [3.05, 3.63) is 47.1 Å². The summed E-state index contributed by atoms with van der Waals surface area (Å²) in [6.07, 6.45) is 2.02. The topological polar surface area (TPSA) is 121 Å². The first-order valence-corrected chi connectivity index (χ1v) is 11.2. The molecule has 0 fully saturated rings. The molecule has 0 saturated heterocycles. The Morgan fingerprint density at radius 2 is 1.73 bits per heavy atom. The van der Waals surface area contributed by atoms with Gasteiger partial charge >= 0.3 is 6.01 Å². The molecule has 0 saturated carbocycles. The third kappa shape index (κ3) is 6.48. The molecule has 1 amide bonds. The third-order valence-corrected chi connectivity index (χ3v) is 5.27. The van der Waals surface area contributed by atoms with E-state index in [0.29, 0.717) is 24.1 Å². The van der Waals surface area contributed by atoms with Crippen LogP contribution in [0.5, 0.6) is 0 Å². The summed E-state index contributed by atoms with van der Waals surface area (Å²) in [5.41, 5.74) is 2.71. The van der Waals surface area contributed by atoms with E-state index in [1.165, 1.54) is 6.20 Å². The van der Waals surface area contributed by atoms with Gasteiger partial charge in [-0.3, -0.25) is 10.1 Å². The number of nitrogens with one attached hydrogen (secondary N) is 3. The number of amides is 1. The van der Waals surface area contributed by atoms with Gasteiger partial charge in [0.1, 0.15) is 5.82 Å². The van der Waals surface area contributed by atoms with E-state index in [9.17, 15) is 4.79 Å². The molecule has 33 heavy (non-hydrogen) atoms. The molecule has 3 aromatic rings. The van der Waals surface area contributed by atoms with Crippen LogP contribution in [0.1, 0.15) is 48.3 Å². The summed E-state index contributed by atoms with van der Waals surface area (Å²) < 4.78 is 5.59. The Morgan fingerprint density at radius 3 is 2.39 bits per heavy atom. The summed E-state index contributed by atoms with van der Waals surface area (Å²) in [6.45, 7) is 13.7. The van der Waals surface area contributed by atoms with Crippen LogP contribution in [0.3, 0.4) is 0 Å². The van der Waals surface area contributed by atoms with Gasteiger partial charge in [-0.25, -0.2) is 4.98 Å². The van der Waals surface area contributed by atoms with E-state index < -0.39 is 0 Å². The number of nitrogens with zero attached hydrogens (tertiary/aromatic N) is 5. The SMILES string of the molecule is CCc1nc(NCCN(CC)CC)nc(Nc2ncc(C(=O)Nc3c(C)cccc3C)o2)n1. The summed E-state index contributed by atoms with van der Waals surface area (Å²) in [4.78, 5) is 32.3. The van der Waals surface area contributed by atoms with Crippen molar-refractivity contribution in [3.8, 4) is 0 Å². The van der Waals surface area contributed by atoms with Crippen LogP contribution in [0.4, 0.5) is 23.6 Å². The lowest BCUT2D eigenvalue weighted by molar-refractivity contribution is 0.0997. The number of para-hydroxylation sites is 1. The first-order valence-electron chi connectivity index (χ1n) is 11.2. The Bertz CT molecular complexity index is 1060. The monoisotopic (exact) mass is 452 g/mol. The fourth-order valence-electron chi connectivity index (χ4n) is 3.30. The Kier molecular flexibility index (Phi) is 8.31. The van der Waals surface area contributed by atoms with E-state index in [1.807, 2.05) is 39.0 Å². The molecule has 0 bridgehead atoms. The van der Waals surface area contributed by atoms with Crippen molar-refractivity contribution in [3.63, 3.8) is 0 Å². The van der Waals surface area contributed by atoms with Gasteiger partial charge in [-0.15, -0.1) is 0 Å². The predicted molar refractivity (Wildman–Crippen MR) is 129 cm³/mol. The zero-order valence-corrected chi connectivity index (χ0v) is 19.9. The number of benzene rings is 1. The number of carbonyl (C=O) groups excluding carboxylic acids is 1. The van der Waals surface area contributed by atoms with Crippen LogP contribution in [-0.4, -0.2) is 56.9 Å². The highest BCUT2D eigenvalue weighted by Crippen LogP contribution is 2.21. The molecule has 3 rings (SSSR count). The van der Waals surface area contributed by atoms with Gasteiger partial charge < -0.3 is 20.0 Å². The molecule has 0 radical (unpaired) electrons. The molecule has 0 aliphatic rings. The quantitative estimate of drug-likeness (QED) is 0.399. The maximum atomic E-state index is 12.6. The number of oxazole rings is 1. The molecule has 0 aliphatic heterocycles. The summed E-state index contributed by atoms with van der Waals surface area (Å²) in [6, 6.07) is 5.96. The van der Waals surface area contributed by atoms with E-state index in [4.69, 9.17) is 4.42 Å². The number of aromatic nitrogens is 4. The number of likely N-dealkylation sites (N-methyl/N-ethyl adjacent to an activating group) is 1. The maximum Gasteiger partial charge on any atom is 0.302 e. The second kappa shape index (κ2) is 11.4. The lowest BCUT2D eigenvalue weighted by atomic mass is 10.1. The lowest BCUT2D eigenvalue weighted by Crippen LogP contribution is -2.29. The van der Waals surface area contributed by atoms with Crippen molar-refractivity contribution in [2.24, 2.45) is 0 Å². The van der Waals surface area contributed by atoms with Crippen molar-refractivity contribution >= 4 is 29.5 Å². The highest BCUT2D eigenvalue weighted by Gasteiger charge is 2.16. The average Bonchev–Trinajstić information content (AvgIpc) is 3.27. The fraction of sp³-hybridized carbons (Fsp3) is 0.435. The first kappa shape index (κ1) is 24.1. The number of carbonyl (C=O) groups is 1. The van der Waals surface area contributed by atoms with Crippen molar-refractivity contribution in [1.29, 1.82) is 0 Å². The fourth-order valence-corrected chi connectivity index (χ4v) is 3.30. The molecule has 1 aromatic carbocycles. The van der Waals surface area contributed by atoms with Gasteiger partial charge in [0, 0.05) is 25.2 Å². The molecule has 2 heterocycles. The van der Waals surface area contributed by atoms with Crippen molar-refractivity contribution in [1.82, 2.24) is 24.8 Å². The first-order chi connectivity index (χ1) is 15.9. The summed E-state index contributed by atoms with van der Waals surface area (Å²) in [5.74, 6) is 1.13. The Balaban J connectivity index is 1.67.